The molecule has 2 aromatic heterocycles. The fraction of sp³-hybridized carbons (Fsp3) is 0.286. The van der Waals surface area contributed by atoms with Crippen LogP contribution in [0.25, 0.3) is 10.6 Å². The molecule has 3 aromatic rings. The average molecular weight is 361 g/mol. The van der Waals surface area contributed by atoms with Gasteiger partial charge in [0.05, 0.1) is 5.69 Å². The summed E-state index contributed by atoms with van der Waals surface area (Å²) in [4.78, 5) is 25.3. The van der Waals surface area contributed by atoms with Gasteiger partial charge in [-0.25, -0.2) is 4.98 Å². The van der Waals surface area contributed by atoms with Crippen molar-refractivity contribution in [3.05, 3.63) is 64.9 Å². The van der Waals surface area contributed by atoms with Crippen LogP contribution in [0.5, 0.6) is 0 Å². The molecule has 26 heavy (non-hydrogen) atoms. The quantitative estimate of drug-likeness (QED) is 0.695. The van der Waals surface area contributed by atoms with Crippen LogP contribution in [0.4, 0.5) is 5.69 Å². The van der Waals surface area contributed by atoms with Crippen LogP contribution < -0.4 is 4.90 Å². The van der Waals surface area contributed by atoms with E-state index in [-0.39, 0.29) is 11.8 Å². The standard InChI is InChI=1S/C21H19N3OS/c25-21(24-12-9-14-3-1-2-4-18(14)24)16-5-6-17-19(13-16)26-20(23-17)15-7-10-22-11-8-15/h1-4,7-8,10-11,16H,5-6,9,12-13H2. The van der Waals surface area contributed by atoms with E-state index in [1.165, 1.54) is 16.1 Å². The van der Waals surface area contributed by atoms with Crippen molar-refractivity contribution in [2.24, 2.45) is 5.92 Å². The highest BCUT2D eigenvalue weighted by molar-refractivity contribution is 7.15. The number of carbonyl (C=O) groups excluding carboxylic acids is 1. The summed E-state index contributed by atoms with van der Waals surface area (Å²) < 4.78 is 0. The minimum atomic E-state index is 0.0689. The second-order valence-corrected chi connectivity index (χ2v) is 8.02. The van der Waals surface area contributed by atoms with Crippen molar-refractivity contribution in [2.45, 2.75) is 25.7 Å². The minimum Gasteiger partial charge on any atom is -0.312 e. The number of rotatable bonds is 2. The zero-order chi connectivity index (χ0) is 17.5. The van der Waals surface area contributed by atoms with Gasteiger partial charge in [0.1, 0.15) is 5.01 Å². The highest BCUT2D eigenvalue weighted by Gasteiger charge is 2.33. The second kappa shape index (κ2) is 6.32. The van der Waals surface area contributed by atoms with Gasteiger partial charge in [-0.15, -0.1) is 11.3 Å². The molecule has 1 aliphatic heterocycles. The lowest BCUT2D eigenvalue weighted by Crippen LogP contribution is -2.37. The Bertz CT molecular complexity index is 966. The molecule has 5 rings (SSSR count). The van der Waals surface area contributed by atoms with E-state index < -0.39 is 0 Å². The fourth-order valence-electron chi connectivity index (χ4n) is 3.99. The predicted molar refractivity (Wildman–Crippen MR) is 103 cm³/mol. The molecule has 0 bridgehead atoms. The van der Waals surface area contributed by atoms with E-state index >= 15 is 0 Å². The normalized spacial score (nSPS) is 18.5. The third kappa shape index (κ3) is 2.63. The first-order chi connectivity index (χ1) is 12.8. The third-order valence-electron chi connectivity index (χ3n) is 5.37. The molecule has 1 amide bonds. The summed E-state index contributed by atoms with van der Waals surface area (Å²) in [6, 6.07) is 12.3. The molecule has 0 spiro atoms. The van der Waals surface area contributed by atoms with Crippen molar-refractivity contribution in [2.75, 3.05) is 11.4 Å². The molecule has 3 heterocycles. The zero-order valence-corrected chi connectivity index (χ0v) is 15.2. The number of nitrogens with zero attached hydrogens (tertiary/aromatic N) is 3. The molecule has 1 atom stereocenters. The van der Waals surface area contributed by atoms with Crippen LogP contribution in [0.2, 0.25) is 0 Å². The van der Waals surface area contributed by atoms with E-state index in [9.17, 15) is 4.79 Å². The van der Waals surface area contributed by atoms with Gasteiger partial charge in [0, 0.05) is 41.0 Å². The van der Waals surface area contributed by atoms with Gasteiger partial charge in [-0.3, -0.25) is 9.78 Å². The van der Waals surface area contributed by atoms with Gasteiger partial charge in [-0.05, 0) is 49.4 Å². The number of carbonyl (C=O) groups is 1. The average Bonchev–Trinajstić information content (AvgIpc) is 3.32. The highest BCUT2D eigenvalue weighted by Crippen LogP contribution is 2.37. The molecule has 0 N–H and O–H groups in total. The number of hydrogen-bond donors (Lipinski definition) is 0. The van der Waals surface area contributed by atoms with E-state index in [0.29, 0.717) is 0 Å². The third-order valence-corrected chi connectivity index (χ3v) is 6.54. The second-order valence-electron chi connectivity index (χ2n) is 6.93. The summed E-state index contributed by atoms with van der Waals surface area (Å²) in [6.45, 7) is 0.812. The zero-order valence-electron chi connectivity index (χ0n) is 14.4. The summed E-state index contributed by atoms with van der Waals surface area (Å²) in [5.74, 6) is 0.346. The Labute approximate surface area is 156 Å². The number of aryl methyl sites for hydroxylation is 1. The number of pyridine rings is 1. The largest absolute Gasteiger partial charge is 0.312 e. The lowest BCUT2D eigenvalue weighted by Gasteiger charge is -2.26. The van der Waals surface area contributed by atoms with E-state index in [2.05, 4.69) is 23.2 Å². The molecular weight excluding hydrogens is 342 g/mol. The van der Waals surface area contributed by atoms with Crippen LogP contribution in [0.1, 0.15) is 22.6 Å². The molecule has 0 saturated carbocycles. The monoisotopic (exact) mass is 361 g/mol. The first-order valence-corrected chi connectivity index (χ1v) is 9.89. The highest BCUT2D eigenvalue weighted by atomic mass is 32.1. The van der Waals surface area contributed by atoms with E-state index in [0.717, 1.165) is 48.5 Å². The summed E-state index contributed by atoms with van der Waals surface area (Å²) >= 11 is 1.73. The molecule has 0 radical (unpaired) electrons. The number of amides is 1. The topological polar surface area (TPSA) is 46.1 Å². The number of para-hydroxylation sites is 1. The van der Waals surface area contributed by atoms with E-state index in [1.54, 1.807) is 23.7 Å². The lowest BCUT2D eigenvalue weighted by molar-refractivity contribution is -0.122. The lowest BCUT2D eigenvalue weighted by atomic mass is 9.90. The molecule has 130 valence electrons. The molecule has 4 nitrogen and oxygen atoms in total. The van der Waals surface area contributed by atoms with Gasteiger partial charge in [0.15, 0.2) is 0 Å². The maximum absolute atomic E-state index is 13.2. The summed E-state index contributed by atoms with van der Waals surface area (Å²) in [5, 5.41) is 1.04. The Morgan fingerprint density at radius 2 is 1.96 bits per heavy atom. The summed E-state index contributed by atoms with van der Waals surface area (Å²) in [7, 11) is 0. The number of hydrogen-bond acceptors (Lipinski definition) is 4. The number of benzene rings is 1. The molecule has 5 heteroatoms. The molecule has 0 fully saturated rings. The van der Waals surface area contributed by atoms with Crippen molar-refractivity contribution in [1.82, 2.24) is 9.97 Å². The molecule has 0 saturated heterocycles. The van der Waals surface area contributed by atoms with Gasteiger partial charge >= 0.3 is 0 Å². The molecule has 1 aromatic carbocycles. The van der Waals surface area contributed by atoms with Crippen LogP contribution in [0.3, 0.4) is 0 Å². The Morgan fingerprint density at radius 1 is 1.12 bits per heavy atom. The van der Waals surface area contributed by atoms with Gasteiger partial charge in [-0.1, -0.05) is 18.2 Å². The Kier molecular flexibility index (Phi) is 3.82. The van der Waals surface area contributed by atoms with Crippen molar-refractivity contribution in [3.63, 3.8) is 0 Å². The van der Waals surface area contributed by atoms with Crippen LogP contribution in [0, 0.1) is 5.92 Å². The smallest absolute Gasteiger partial charge is 0.230 e. The van der Waals surface area contributed by atoms with E-state index in [1.807, 2.05) is 23.1 Å². The van der Waals surface area contributed by atoms with Crippen molar-refractivity contribution in [3.8, 4) is 10.6 Å². The molecule has 1 aliphatic carbocycles. The maximum Gasteiger partial charge on any atom is 0.230 e. The number of aromatic nitrogens is 2. The number of thiazole rings is 1. The number of fused-ring (bicyclic) bond motifs is 2. The Morgan fingerprint density at radius 3 is 2.85 bits per heavy atom. The SMILES string of the molecule is O=C(C1CCc2nc(-c3ccncc3)sc2C1)N1CCc2ccccc21. The van der Waals surface area contributed by atoms with Crippen molar-refractivity contribution >= 4 is 22.9 Å². The van der Waals surface area contributed by atoms with Gasteiger partial charge in [0.25, 0.3) is 0 Å². The first-order valence-electron chi connectivity index (χ1n) is 9.08. The molecule has 1 unspecified atom stereocenters. The van der Waals surface area contributed by atoms with Crippen molar-refractivity contribution in [1.29, 1.82) is 0 Å². The maximum atomic E-state index is 13.2. The van der Waals surface area contributed by atoms with Crippen LogP contribution in [0.15, 0.2) is 48.8 Å². The molecule has 2 aliphatic rings. The predicted octanol–water partition coefficient (Wildman–Crippen LogP) is 3.90. The minimum absolute atomic E-state index is 0.0689. The summed E-state index contributed by atoms with van der Waals surface area (Å²) in [6.07, 6.45) is 7.16. The Balaban J connectivity index is 1.38. The number of anilines is 1. The van der Waals surface area contributed by atoms with Crippen LogP contribution in [-0.4, -0.2) is 22.4 Å². The Hall–Kier alpha value is -2.53. The van der Waals surface area contributed by atoms with Gasteiger partial charge in [-0.2, -0.15) is 0 Å². The first kappa shape index (κ1) is 15.7. The molecular formula is C21H19N3OS. The fourth-order valence-corrected chi connectivity index (χ4v) is 5.18. The van der Waals surface area contributed by atoms with Gasteiger partial charge < -0.3 is 4.90 Å². The van der Waals surface area contributed by atoms with Crippen LogP contribution in [-0.2, 0) is 24.1 Å². The van der Waals surface area contributed by atoms with Crippen LogP contribution >= 0.6 is 11.3 Å². The van der Waals surface area contributed by atoms with Crippen molar-refractivity contribution < 1.29 is 4.79 Å². The van der Waals surface area contributed by atoms with Gasteiger partial charge in [0.2, 0.25) is 5.91 Å². The summed E-state index contributed by atoms with van der Waals surface area (Å²) in [5.41, 5.74) is 4.67. The van der Waals surface area contributed by atoms with E-state index in [4.69, 9.17) is 4.98 Å².